The van der Waals surface area contributed by atoms with Gasteiger partial charge in [-0.25, -0.2) is 0 Å². The molecule has 0 spiro atoms. The van der Waals surface area contributed by atoms with Crippen LogP contribution in [0.3, 0.4) is 0 Å². The van der Waals surface area contributed by atoms with E-state index in [4.69, 9.17) is 5.73 Å². The number of nitrogens with two attached hydrogens (primary N) is 1. The number of rotatable bonds is 7. The summed E-state index contributed by atoms with van der Waals surface area (Å²) in [4.78, 5) is 42.1. The van der Waals surface area contributed by atoms with Crippen molar-refractivity contribution >= 4 is 34.1 Å². The van der Waals surface area contributed by atoms with E-state index in [1.165, 1.54) is 16.2 Å². The number of nitrogens with one attached hydrogen (secondary N) is 2. The van der Waals surface area contributed by atoms with Crippen LogP contribution in [0.2, 0.25) is 0 Å². The number of fused-ring (bicyclic) bond motifs is 1. The van der Waals surface area contributed by atoms with Crippen LogP contribution >= 0.6 is 11.3 Å². The lowest BCUT2D eigenvalue weighted by Gasteiger charge is -2.37. The normalized spacial score (nSPS) is 20.9. The predicted molar refractivity (Wildman–Crippen MR) is 112 cm³/mol. The van der Waals surface area contributed by atoms with Gasteiger partial charge >= 0.3 is 0 Å². The summed E-state index contributed by atoms with van der Waals surface area (Å²) >= 11 is 1.48. The summed E-state index contributed by atoms with van der Waals surface area (Å²) in [5.41, 5.74) is 7.10. The highest BCUT2D eigenvalue weighted by Gasteiger charge is 2.30. The Labute approximate surface area is 174 Å². The van der Waals surface area contributed by atoms with E-state index >= 15 is 0 Å². The zero-order valence-corrected chi connectivity index (χ0v) is 17.6. The standard InChI is InChI=1S/C20H29N5O3S/c1-12(25-9-7-24(8-10-25)11-16(26)22-13-5-6-13)19(28)23-20-17(18(21)27)14-3-2-4-15(14)29-20/h12-13H,2-11H2,1H3,(H2,21,27)(H,22,26)(H,23,28)/t12-/m0/s1. The average molecular weight is 420 g/mol. The van der Waals surface area contributed by atoms with Crippen LogP contribution in [-0.4, -0.2) is 72.3 Å². The van der Waals surface area contributed by atoms with E-state index in [9.17, 15) is 14.4 Å². The molecule has 29 heavy (non-hydrogen) atoms. The van der Waals surface area contributed by atoms with Crippen molar-refractivity contribution in [3.8, 4) is 0 Å². The van der Waals surface area contributed by atoms with Gasteiger partial charge in [0.1, 0.15) is 5.00 Å². The number of hydrogen-bond acceptors (Lipinski definition) is 6. The fourth-order valence-corrected chi connectivity index (χ4v) is 5.45. The monoisotopic (exact) mass is 419 g/mol. The van der Waals surface area contributed by atoms with Crippen molar-refractivity contribution < 1.29 is 14.4 Å². The molecule has 1 atom stereocenters. The Morgan fingerprint density at radius 1 is 1.17 bits per heavy atom. The van der Waals surface area contributed by atoms with Crippen LogP contribution in [0, 0.1) is 0 Å². The van der Waals surface area contributed by atoms with Gasteiger partial charge in [-0.15, -0.1) is 11.3 Å². The van der Waals surface area contributed by atoms with E-state index < -0.39 is 5.91 Å². The summed E-state index contributed by atoms with van der Waals surface area (Å²) in [7, 11) is 0. The fraction of sp³-hybridized carbons (Fsp3) is 0.650. The molecule has 0 aromatic carbocycles. The molecule has 1 aliphatic heterocycles. The van der Waals surface area contributed by atoms with Crippen molar-refractivity contribution in [2.75, 3.05) is 38.0 Å². The molecule has 1 saturated heterocycles. The summed E-state index contributed by atoms with van der Waals surface area (Å²) in [6.45, 7) is 5.29. The minimum Gasteiger partial charge on any atom is -0.365 e. The number of amides is 3. The zero-order valence-electron chi connectivity index (χ0n) is 16.8. The number of primary amides is 1. The number of nitrogens with zero attached hydrogens (tertiary/aromatic N) is 2. The zero-order chi connectivity index (χ0) is 20.5. The molecule has 1 aromatic heterocycles. The van der Waals surface area contributed by atoms with Crippen LogP contribution < -0.4 is 16.4 Å². The van der Waals surface area contributed by atoms with Crippen molar-refractivity contribution in [3.05, 3.63) is 16.0 Å². The van der Waals surface area contributed by atoms with E-state index in [1.807, 2.05) is 6.92 Å². The molecule has 158 valence electrons. The molecule has 0 bridgehead atoms. The second-order valence-electron chi connectivity index (χ2n) is 8.24. The number of hydrogen-bond donors (Lipinski definition) is 3. The van der Waals surface area contributed by atoms with Crippen LogP contribution in [0.5, 0.6) is 0 Å². The maximum atomic E-state index is 12.8. The summed E-state index contributed by atoms with van der Waals surface area (Å²) in [5, 5.41) is 6.56. The molecule has 0 radical (unpaired) electrons. The first kappa shape index (κ1) is 20.3. The maximum Gasteiger partial charge on any atom is 0.251 e. The molecule has 8 nitrogen and oxygen atoms in total. The molecule has 0 unspecified atom stereocenters. The summed E-state index contributed by atoms with van der Waals surface area (Å²) in [5.74, 6) is -0.491. The lowest BCUT2D eigenvalue weighted by Crippen LogP contribution is -2.54. The number of aryl methyl sites for hydroxylation is 1. The van der Waals surface area contributed by atoms with E-state index in [2.05, 4.69) is 20.4 Å². The first-order valence-electron chi connectivity index (χ1n) is 10.4. The van der Waals surface area contributed by atoms with Crippen molar-refractivity contribution in [2.45, 2.75) is 51.1 Å². The first-order valence-corrected chi connectivity index (χ1v) is 11.2. The molecule has 2 fully saturated rings. The van der Waals surface area contributed by atoms with Crippen LogP contribution in [-0.2, 0) is 22.4 Å². The quantitative estimate of drug-likeness (QED) is 0.599. The van der Waals surface area contributed by atoms with E-state index in [-0.39, 0.29) is 17.9 Å². The van der Waals surface area contributed by atoms with Gasteiger partial charge in [-0.1, -0.05) is 0 Å². The summed E-state index contributed by atoms with van der Waals surface area (Å²) in [6, 6.07) is 0.0755. The van der Waals surface area contributed by atoms with E-state index in [0.717, 1.165) is 63.8 Å². The molecular formula is C20H29N5O3S. The Hall–Kier alpha value is -1.97. The van der Waals surface area contributed by atoms with Gasteiger partial charge in [0.25, 0.3) is 5.91 Å². The Bertz CT molecular complexity index is 811. The SMILES string of the molecule is C[C@@H](C(=O)Nc1sc2c(c1C(N)=O)CCC2)N1CCN(CC(=O)NC2CC2)CC1. The highest BCUT2D eigenvalue weighted by Crippen LogP contribution is 2.38. The number of thiophene rings is 1. The maximum absolute atomic E-state index is 12.8. The van der Waals surface area contributed by atoms with Gasteiger partial charge in [0.15, 0.2) is 0 Å². The fourth-order valence-electron chi connectivity index (χ4n) is 4.15. The molecular weight excluding hydrogens is 390 g/mol. The van der Waals surface area contributed by atoms with Crippen molar-refractivity contribution in [1.29, 1.82) is 0 Å². The Balaban J connectivity index is 1.30. The van der Waals surface area contributed by atoms with Gasteiger partial charge in [-0.2, -0.15) is 0 Å². The lowest BCUT2D eigenvalue weighted by atomic mass is 10.1. The van der Waals surface area contributed by atoms with Gasteiger partial charge in [0.05, 0.1) is 18.2 Å². The van der Waals surface area contributed by atoms with Crippen LogP contribution in [0.25, 0.3) is 0 Å². The molecule has 4 N–H and O–H groups in total. The van der Waals surface area contributed by atoms with Crippen LogP contribution in [0.4, 0.5) is 5.00 Å². The molecule has 3 amide bonds. The smallest absolute Gasteiger partial charge is 0.251 e. The van der Waals surface area contributed by atoms with Crippen molar-refractivity contribution in [1.82, 2.24) is 15.1 Å². The average Bonchev–Trinajstić information content (AvgIpc) is 3.25. The number of carbonyl (C=O) groups is 3. The van der Waals surface area contributed by atoms with Gasteiger partial charge in [0.2, 0.25) is 11.8 Å². The van der Waals surface area contributed by atoms with E-state index in [0.29, 0.717) is 23.2 Å². The largest absolute Gasteiger partial charge is 0.365 e. The highest BCUT2D eigenvalue weighted by molar-refractivity contribution is 7.17. The Morgan fingerprint density at radius 2 is 1.90 bits per heavy atom. The van der Waals surface area contributed by atoms with Gasteiger partial charge in [-0.05, 0) is 44.6 Å². The molecule has 1 aromatic rings. The third-order valence-electron chi connectivity index (χ3n) is 6.05. The van der Waals surface area contributed by atoms with Crippen molar-refractivity contribution in [2.24, 2.45) is 5.73 Å². The van der Waals surface area contributed by atoms with Crippen LogP contribution in [0.1, 0.15) is 47.0 Å². The summed E-state index contributed by atoms with van der Waals surface area (Å²) < 4.78 is 0. The Kier molecular flexibility index (Phi) is 5.89. The lowest BCUT2D eigenvalue weighted by molar-refractivity contribution is -0.124. The van der Waals surface area contributed by atoms with Gasteiger partial charge in [0, 0.05) is 37.1 Å². The molecule has 3 aliphatic rings. The molecule has 2 heterocycles. The minimum absolute atomic E-state index is 0.0940. The van der Waals surface area contributed by atoms with Gasteiger partial charge in [-0.3, -0.25) is 24.2 Å². The third kappa shape index (κ3) is 4.62. The van der Waals surface area contributed by atoms with E-state index in [1.54, 1.807) is 0 Å². The molecule has 4 rings (SSSR count). The Morgan fingerprint density at radius 3 is 2.55 bits per heavy atom. The van der Waals surface area contributed by atoms with Gasteiger partial charge < -0.3 is 16.4 Å². The van der Waals surface area contributed by atoms with Crippen molar-refractivity contribution in [3.63, 3.8) is 0 Å². The molecule has 9 heteroatoms. The third-order valence-corrected chi connectivity index (χ3v) is 7.26. The first-order chi connectivity index (χ1) is 13.9. The minimum atomic E-state index is -0.467. The number of anilines is 1. The molecule has 2 aliphatic carbocycles. The van der Waals surface area contributed by atoms with Crippen LogP contribution in [0.15, 0.2) is 0 Å². The highest BCUT2D eigenvalue weighted by atomic mass is 32.1. The number of piperazine rings is 1. The second-order valence-corrected chi connectivity index (χ2v) is 9.35. The summed E-state index contributed by atoms with van der Waals surface area (Å²) in [6.07, 6.45) is 5.02. The topological polar surface area (TPSA) is 108 Å². The number of carbonyl (C=O) groups excluding carboxylic acids is 3. The second kappa shape index (κ2) is 8.41. The molecule has 1 saturated carbocycles. The predicted octanol–water partition coefficient (Wildman–Crippen LogP) is 0.559.